The fourth-order valence-corrected chi connectivity index (χ4v) is 3.66. The first-order valence-corrected chi connectivity index (χ1v) is 10.7. The van der Waals surface area contributed by atoms with Crippen molar-refractivity contribution < 1.29 is 24.0 Å². The van der Waals surface area contributed by atoms with Crippen LogP contribution in [0.25, 0.3) is 0 Å². The minimum Gasteiger partial charge on any atom is -0.497 e. The lowest BCUT2D eigenvalue weighted by atomic mass is 10.1. The van der Waals surface area contributed by atoms with Crippen LogP contribution in [0.4, 0.5) is 5.69 Å². The van der Waals surface area contributed by atoms with Gasteiger partial charge in [-0.25, -0.2) is 0 Å². The molecule has 0 saturated carbocycles. The number of nitro groups is 1. The molecule has 3 amide bonds. The number of nitrogens with zero attached hydrogens (tertiary/aromatic N) is 2. The molecule has 1 fully saturated rings. The maximum atomic E-state index is 12.8. The number of likely N-dealkylation sites (tertiary alicyclic amines) is 1. The molecule has 1 atom stereocenters. The molecule has 0 aliphatic carbocycles. The predicted molar refractivity (Wildman–Crippen MR) is 120 cm³/mol. The van der Waals surface area contributed by atoms with Crippen LogP contribution in [-0.2, 0) is 4.79 Å². The monoisotopic (exact) mass is 454 g/mol. The Morgan fingerprint density at radius 3 is 2.52 bits per heavy atom. The first kappa shape index (κ1) is 23.7. The number of hydrogen-bond donors (Lipinski definition) is 2. The number of rotatable bonds is 9. The van der Waals surface area contributed by atoms with Crippen molar-refractivity contribution in [3.63, 3.8) is 0 Å². The Kier molecular flexibility index (Phi) is 7.96. The molecule has 0 unspecified atom stereocenters. The van der Waals surface area contributed by atoms with Crippen LogP contribution in [0.15, 0.2) is 48.5 Å². The van der Waals surface area contributed by atoms with E-state index in [1.54, 1.807) is 31.4 Å². The Morgan fingerprint density at radius 1 is 1.09 bits per heavy atom. The minimum atomic E-state index is -0.620. The van der Waals surface area contributed by atoms with Crippen LogP contribution in [0.1, 0.15) is 40.0 Å². The van der Waals surface area contributed by atoms with Crippen molar-refractivity contribution in [3.8, 4) is 5.75 Å². The summed E-state index contributed by atoms with van der Waals surface area (Å²) in [6.45, 7) is 1.14. The summed E-state index contributed by atoms with van der Waals surface area (Å²) in [5.41, 5.74) is 0.531. The second-order valence-corrected chi connectivity index (χ2v) is 7.59. The van der Waals surface area contributed by atoms with Crippen molar-refractivity contribution in [2.24, 2.45) is 0 Å². The molecule has 2 aromatic rings. The first-order valence-electron chi connectivity index (χ1n) is 10.7. The molecule has 0 aromatic heterocycles. The minimum absolute atomic E-state index is 0.169. The highest BCUT2D eigenvalue weighted by molar-refractivity contribution is 5.98. The Morgan fingerprint density at radius 2 is 1.82 bits per heavy atom. The quantitative estimate of drug-likeness (QED) is 0.339. The number of nitrogens with one attached hydrogen (secondary N) is 2. The Hall–Kier alpha value is -3.95. The van der Waals surface area contributed by atoms with Crippen LogP contribution in [0.5, 0.6) is 5.75 Å². The summed E-state index contributed by atoms with van der Waals surface area (Å²) < 4.78 is 5.07. The average Bonchev–Trinajstić information content (AvgIpc) is 3.33. The standard InChI is InChI=1S/C23H26N4O6/c1-33-19-10-8-16(9-11-19)21(28)24-12-4-13-25-22(29)20-7-3-14-26(20)23(30)17-5-2-6-18(15-17)27(31)32/h2,5-6,8-11,15,20H,3-4,7,12-14H2,1H3,(H,24,28)(H,25,29)/t20-/m1/s1. The summed E-state index contributed by atoms with van der Waals surface area (Å²) >= 11 is 0. The molecule has 10 nitrogen and oxygen atoms in total. The summed E-state index contributed by atoms with van der Waals surface area (Å²) in [6, 6.07) is 11.6. The molecule has 1 aliphatic heterocycles. The van der Waals surface area contributed by atoms with Crippen molar-refractivity contribution in [2.45, 2.75) is 25.3 Å². The van der Waals surface area contributed by atoms with E-state index >= 15 is 0 Å². The van der Waals surface area contributed by atoms with Gasteiger partial charge in [-0.05, 0) is 49.6 Å². The number of carbonyl (C=O) groups is 3. The molecule has 2 aromatic carbocycles. The second-order valence-electron chi connectivity index (χ2n) is 7.59. The summed E-state index contributed by atoms with van der Waals surface area (Å²) in [5, 5.41) is 16.6. The Balaban J connectivity index is 1.45. The molecule has 2 N–H and O–H groups in total. The van der Waals surface area contributed by atoms with Crippen LogP contribution >= 0.6 is 0 Å². The number of amides is 3. The van der Waals surface area contributed by atoms with Gasteiger partial charge in [-0.1, -0.05) is 6.07 Å². The van der Waals surface area contributed by atoms with E-state index < -0.39 is 16.9 Å². The highest BCUT2D eigenvalue weighted by atomic mass is 16.6. The molecule has 0 bridgehead atoms. The van der Waals surface area contributed by atoms with Gasteiger partial charge in [0.15, 0.2) is 0 Å². The van der Waals surface area contributed by atoms with Gasteiger partial charge in [0.25, 0.3) is 17.5 Å². The number of carbonyl (C=O) groups excluding carboxylic acids is 3. The zero-order valence-corrected chi connectivity index (χ0v) is 18.3. The molecular formula is C23H26N4O6. The van der Waals surface area contributed by atoms with Crippen molar-refractivity contribution in [3.05, 3.63) is 69.8 Å². The number of methoxy groups -OCH3 is 1. The van der Waals surface area contributed by atoms with Crippen LogP contribution in [0.3, 0.4) is 0 Å². The highest BCUT2D eigenvalue weighted by Gasteiger charge is 2.34. The summed E-state index contributed by atoms with van der Waals surface area (Å²) in [6.07, 6.45) is 1.73. The van der Waals surface area contributed by atoms with Gasteiger partial charge in [-0.2, -0.15) is 0 Å². The Bertz CT molecular complexity index is 1020. The van der Waals surface area contributed by atoms with E-state index in [4.69, 9.17) is 4.74 Å². The zero-order valence-electron chi connectivity index (χ0n) is 18.3. The topological polar surface area (TPSA) is 131 Å². The third kappa shape index (κ3) is 6.06. The van der Waals surface area contributed by atoms with Gasteiger partial charge < -0.3 is 20.3 Å². The molecule has 10 heteroatoms. The molecule has 33 heavy (non-hydrogen) atoms. The number of nitro benzene ring substituents is 1. The molecule has 0 radical (unpaired) electrons. The van der Waals surface area contributed by atoms with Gasteiger partial charge in [0.2, 0.25) is 5.91 Å². The first-order chi connectivity index (χ1) is 15.9. The van der Waals surface area contributed by atoms with Gasteiger partial charge in [-0.3, -0.25) is 24.5 Å². The van der Waals surface area contributed by atoms with E-state index in [0.717, 1.165) is 0 Å². The lowest BCUT2D eigenvalue weighted by molar-refractivity contribution is -0.384. The number of ether oxygens (including phenoxy) is 1. The van der Waals surface area contributed by atoms with Crippen molar-refractivity contribution in [1.82, 2.24) is 15.5 Å². The SMILES string of the molecule is COc1ccc(C(=O)NCCCNC(=O)[C@H]2CCCN2C(=O)c2cccc([N+](=O)[O-])c2)cc1. The van der Waals surface area contributed by atoms with E-state index in [1.807, 2.05) is 0 Å². The van der Waals surface area contributed by atoms with E-state index in [2.05, 4.69) is 10.6 Å². The van der Waals surface area contributed by atoms with Crippen LogP contribution in [0.2, 0.25) is 0 Å². The summed E-state index contributed by atoms with van der Waals surface area (Å²) in [4.78, 5) is 49.5. The second kappa shape index (κ2) is 11.1. The smallest absolute Gasteiger partial charge is 0.270 e. The van der Waals surface area contributed by atoms with Gasteiger partial charge in [0.05, 0.1) is 12.0 Å². The lowest BCUT2D eigenvalue weighted by Gasteiger charge is -2.24. The van der Waals surface area contributed by atoms with Crippen LogP contribution < -0.4 is 15.4 Å². The molecule has 174 valence electrons. The molecule has 0 spiro atoms. The third-order valence-electron chi connectivity index (χ3n) is 5.41. The molecule has 3 rings (SSSR count). The molecule has 1 saturated heterocycles. The van der Waals surface area contributed by atoms with Crippen molar-refractivity contribution in [1.29, 1.82) is 0 Å². The van der Waals surface area contributed by atoms with E-state index in [-0.39, 0.29) is 23.1 Å². The summed E-state index contributed by atoms with van der Waals surface area (Å²) in [5.74, 6) is -0.219. The predicted octanol–water partition coefficient (Wildman–Crippen LogP) is 2.14. The van der Waals surface area contributed by atoms with Gasteiger partial charge >= 0.3 is 0 Å². The largest absolute Gasteiger partial charge is 0.497 e. The van der Waals surface area contributed by atoms with Crippen molar-refractivity contribution >= 4 is 23.4 Å². The lowest BCUT2D eigenvalue weighted by Crippen LogP contribution is -2.46. The van der Waals surface area contributed by atoms with E-state index in [0.29, 0.717) is 50.2 Å². The van der Waals surface area contributed by atoms with Crippen LogP contribution in [0, 0.1) is 10.1 Å². The molecule has 1 heterocycles. The number of hydrogen-bond acceptors (Lipinski definition) is 6. The van der Waals surface area contributed by atoms with E-state index in [9.17, 15) is 24.5 Å². The van der Waals surface area contributed by atoms with Gasteiger partial charge in [0, 0.05) is 42.9 Å². The maximum absolute atomic E-state index is 12.8. The van der Waals surface area contributed by atoms with Crippen molar-refractivity contribution in [2.75, 3.05) is 26.7 Å². The maximum Gasteiger partial charge on any atom is 0.270 e. The van der Waals surface area contributed by atoms with Gasteiger partial charge in [0.1, 0.15) is 11.8 Å². The zero-order chi connectivity index (χ0) is 23.8. The van der Waals surface area contributed by atoms with E-state index in [1.165, 1.54) is 29.2 Å². The molecular weight excluding hydrogens is 428 g/mol. The Labute approximate surface area is 191 Å². The molecule has 1 aliphatic rings. The fraction of sp³-hybridized carbons (Fsp3) is 0.348. The highest BCUT2D eigenvalue weighted by Crippen LogP contribution is 2.22. The summed E-state index contributed by atoms with van der Waals surface area (Å²) in [7, 11) is 1.55. The normalized spacial score (nSPS) is 15.1. The number of non-ortho nitro benzene ring substituents is 1. The fourth-order valence-electron chi connectivity index (χ4n) is 3.66. The third-order valence-corrected chi connectivity index (χ3v) is 5.41. The van der Waals surface area contributed by atoms with Gasteiger partial charge in [-0.15, -0.1) is 0 Å². The van der Waals surface area contributed by atoms with Crippen LogP contribution in [-0.4, -0.2) is 60.3 Å². The average molecular weight is 454 g/mol. The number of benzene rings is 2.